The second-order valence-corrected chi connectivity index (χ2v) is 6.93. The summed E-state index contributed by atoms with van der Waals surface area (Å²) in [7, 11) is 1.53. The van der Waals surface area contributed by atoms with Crippen molar-refractivity contribution < 1.29 is 27.5 Å². The first-order valence-corrected chi connectivity index (χ1v) is 9.75. The number of benzene rings is 2. The van der Waals surface area contributed by atoms with Crippen LogP contribution in [0.4, 0.5) is 18.9 Å². The normalized spacial score (nSPS) is 10.6. The Balaban J connectivity index is 1.53. The van der Waals surface area contributed by atoms with Crippen molar-refractivity contribution in [2.75, 3.05) is 24.7 Å². The third-order valence-corrected chi connectivity index (χ3v) is 4.89. The zero-order valence-corrected chi connectivity index (χ0v) is 16.9. The monoisotopic (exact) mass is 451 g/mol. The third kappa shape index (κ3) is 5.34. The number of carbonyl (C=O) groups is 2. The smallest absolute Gasteiger partial charge is 0.243 e. The molecule has 1 aromatic heterocycles. The van der Waals surface area contributed by atoms with Crippen molar-refractivity contribution >= 4 is 29.3 Å². The molecule has 2 N–H and O–H groups in total. The largest absolute Gasteiger partial charge is 0.495 e. The van der Waals surface area contributed by atoms with Gasteiger partial charge in [-0.05, 0) is 24.3 Å². The van der Waals surface area contributed by atoms with Gasteiger partial charge in [-0.2, -0.15) is 0 Å². The predicted molar refractivity (Wildman–Crippen MR) is 107 cm³/mol. The maximum Gasteiger partial charge on any atom is 0.243 e. The van der Waals surface area contributed by atoms with Gasteiger partial charge in [-0.1, -0.05) is 23.9 Å². The van der Waals surface area contributed by atoms with Crippen LogP contribution in [0.25, 0.3) is 5.69 Å². The summed E-state index contributed by atoms with van der Waals surface area (Å²) < 4.78 is 46.7. The van der Waals surface area contributed by atoms with Crippen LogP contribution in [0.15, 0.2) is 47.9 Å². The maximum absolute atomic E-state index is 13.6. The standard InChI is InChI=1S/C19H16F3N5O3S/c1-30-14-5-3-2-4-13(14)27-10-24-26-19(27)31-9-16(29)23-8-15(28)25-12-7-6-11(20)17(21)18(12)22/h2-7,10H,8-9H2,1H3,(H,23,29)(H,25,28). The van der Waals surface area contributed by atoms with Gasteiger partial charge in [-0.3, -0.25) is 14.2 Å². The van der Waals surface area contributed by atoms with E-state index < -0.39 is 41.5 Å². The van der Waals surface area contributed by atoms with Crippen molar-refractivity contribution in [3.8, 4) is 11.4 Å². The topological polar surface area (TPSA) is 98.1 Å². The van der Waals surface area contributed by atoms with Crippen molar-refractivity contribution in [1.82, 2.24) is 20.1 Å². The molecular weight excluding hydrogens is 435 g/mol. The highest BCUT2D eigenvalue weighted by Gasteiger charge is 2.16. The lowest BCUT2D eigenvalue weighted by Gasteiger charge is -2.11. The highest BCUT2D eigenvalue weighted by Crippen LogP contribution is 2.26. The van der Waals surface area contributed by atoms with Crippen LogP contribution in [0.5, 0.6) is 5.75 Å². The van der Waals surface area contributed by atoms with Crippen molar-refractivity contribution in [2.45, 2.75) is 5.16 Å². The fourth-order valence-corrected chi connectivity index (χ4v) is 3.25. The highest BCUT2D eigenvalue weighted by molar-refractivity contribution is 7.99. The predicted octanol–water partition coefficient (Wildman–Crippen LogP) is 2.54. The van der Waals surface area contributed by atoms with E-state index in [4.69, 9.17) is 4.74 Å². The summed E-state index contributed by atoms with van der Waals surface area (Å²) in [4.78, 5) is 23.9. The number of anilines is 1. The van der Waals surface area contributed by atoms with E-state index in [1.54, 1.807) is 16.7 Å². The number of aromatic nitrogens is 3. The molecule has 0 atom stereocenters. The van der Waals surface area contributed by atoms with Gasteiger partial charge in [-0.15, -0.1) is 10.2 Å². The van der Waals surface area contributed by atoms with E-state index >= 15 is 0 Å². The summed E-state index contributed by atoms with van der Waals surface area (Å²) in [6, 6.07) is 8.76. The number of nitrogens with zero attached hydrogens (tertiary/aromatic N) is 3. The first kappa shape index (κ1) is 22.2. The van der Waals surface area contributed by atoms with Gasteiger partial charge in [0.1, 0.15) is 12.1 Å². The Bertz CT molecular complexity index is 1110. The lowest BCUT2D eigenvalue weighted by atomic mass is 10.2. The van der Waals surface area contributed by atoms with Crippen LogP contribution in [0.2, 0.25) is 0 Å². The number of thioether (sulfide) groups is 1. The molecule has 0 saturated carbocycles. The maximum atomic E-state index is 13.6. The molecule has 3 rings (SSSR count). The van der Waals surface area contributed by atoms with Gasteiger partial charge in [0.25, 0.3) is 0 Å². The number of rotatable bonds is 8. The van der Waals surface area contributed by atoms with Crippen molar-refractivity contribution in [1.29, 1.82) is 0 Å². The highest BCUT2D eigenvalue weighted by atomic mass is 32.2. The number of halogens is 3. The molecule has 0 unspecified atom stereocenters. The number of ether oxygens (including phenoxy) is 1. The number of amides is 2. The fraction of sp³-hybridized carbons (Fsp3) is 0.158. The molecule has 0 saturated heterocycles. The number of nitrogens with one attached hydrogen (secondary N) is 2. The molecule has 0 spiro atoms. The molecule has 31 heavy (non-hydrogen) atoms. The quantitative estimate of drug-likeness (QED) is 0.404. The Morgan fingerprint density at radius 1 is 1.10 bits per heavy atom. The van der Waals surface area contributed by atoms with Crippen LogP contribution < -0.4 is 15.4 Å². The van der Waals surface area contributed by atoms with Crippen LogP contribution in [0.3, 0.4) is 0 Å². The molecule has 12 heteroatoms. The average Bonchev–Trinajstić information content (AvgIpc) is 3.25. The van der Waals surface area contributed by atoms with Gasteiger partial charge in [-0.25, -0.2) is 13.2 Å². The molecule has 0 radical (unpaired) electrons. The molecule has 0 bridgehead atoms. The summed E-state index contributed by atoms with van der Waals surface area (Å²) in [5.41, 5.74) is 0.156. The van der Waals surface area contributed by atoms with Crippen LogP contribution in [-0.4, -0.2) is 46.0 Å². The molecule has 0 aliphatic rings. The van der Waals surface area contributed by atoms with Gasteiger partial charge >= 0.3 is 0 Å². The summed E-state index contributed by atoms with van der Waals surface area (Å²) >= 11 is 1.08. The van der Waals surface area contributed by atoms with Crippen molar-refractivity contribution in [3.63, 3.8) is 0 Å². The molecule has 2 amide bonds. The van der Waals surface area contributed by atoms with E-state index in [0.717, 1.165) is 17.8 Å². The summed E-state index contributed by atoms with van der Waals surface area (Å²) in [5, 5.41) is 12.6. The molecule has 162 valence electrons. The lowest BCUT2D eigenvalue weighted by Crippen LogP contribution is -2.34. The minimum Gasteiger partial charge on any atom is -0.495 e. The Morgan fingerprint density at radius 2 is 1.87 bits per heavy atom. The SMILES string of the molecule is COc1ccccc1-n1cnnc1SCC(=O)NCC(=O)Nc1ccc(F)c(F)c1F. The molecular formula is C19H16F3N5O3S. The van der Waals surface area contributed by atoms with E-state index in [-0.39, 0.29) is 5.75 Å². The first-order valence-electron chi connectivity index (χ1n) is 8.77. The van der Waals surface area contributed by atoms with Crippen LogP contribution in [-0.2, 0) is 9.59 Å². The molecule has 2 aromatic carbocycles. The minimum atomic E-state index is -1.70. The number of hydrogen-bond acceptors (Lipinski definition) is 6. The number of para-hydroxylation sites is 2. The molecule has 1 heterocycles. The molecule has 8 nitrogen and oxygen atoms in total. The Labute approximate surface area is 178 Å². The van der Waals surface area contributed by atoms with E-state index in [1.165, 1.54) is 13.4 Å². The summed E-state index contributed by atoms with van der Waals surface area (Å²) in [6.07, 6.45) is 1.47. The number of methoxy groups -OCH3 is 1. The number of hydrogen-bond donors (Lipinski definition) is 2. The zero-order chi connectivity index (χ0) is 22.4. The third-order valence-electron chi connectivity index (χ3n) is 3.95. The molecule has 0 aliphatic carbocycles. The van der Waals surface area contributed by atoms with E-state index in [9.17, 15) is 22.8 Å². The molecule has 0 aliphatic heterocycles. The Morgan fingerprint density at radius 3 is 2.65 bits per heavy atom. The van der Waals surface area contributed by atoms with Crippen LogP contribution >= 0.6 is 11.8 Å². The van der Waals surface area contributed by atoms with Crippen LogP contribution in [0, 0.1) is 17.5 Å². The minimum absolute atomic E-state index is 0.0827. The molecule has 0 fully saturated rings. The zero-order valence-electron chi connectivity index (χ0n) is 16.1. The summed E-state index contributed by atoms with van der Waals surface area (Å²) in [5.74, 6) is -5.39. The number of carbonyl (C=O) groups excluding carboxylic acids is 2. The van der Waals surface area contributed by atoms with Crippen LogP contribution in [0.1, 0.15) is 0 Å². The van der Waals surface area contributed by atoms with Crippen molar-refractivity contribution in [3.05, 3.63) is 60.2 Å². The molecule has 3 aromatic rings. The Hall–Kier alpha value is -3.54. The van der Waals surface area contributed by atoms with Gasteiger partial charge in [0, 0.05) is 0 Å². The summed E-state index contributed by atoms with van der Waals surface area (Å²) in [6.45, 7) is -0.489. The van der Waals surface area contributed by atoms with Crippen molar-refractivity contribution in [2.24, 2.45) is 0 Å². The first-order chi connectivity index (χ1) is 14.9. The second kappa shape index (κ2) is 9.98. The Kier molecular flexibility index (Phi) is 7.13. The van der Waals surface area contributed by atoms with Gasteiger partial charge in [0.15, 0.2) is 22.6 Å². The van der Waals surface area contributed by atoms with E-state index in [0.29, 0.717) is 22.7 Å². The van der Waals surface area contributed by atoms with Gasteiger partial charge < -0.3 is 15.4 Å². The van der Waals surface area contributed by atoms with Gasteiger partial charge in [0.05, 0.1) is 30.8 Å². The average molecular weight is 451 g/mol. The van der Waals surface area contributed by atoms with E-state index in [2.05, 4.69) is 20.8 Å². The fourth-order valence-electron chi connectivity index (χ4n) is 2.49. The van der Waals surface area contributed by atoms with Gasteiger partial charge in [0.2, 0.25) is 11.8 Å². The van der Waals surface area contributed by atoms with E-state index in [1.807, 2.05) is 12.1 Å². The lowest BCUT2D eigenvalue weighted by molar-refractivity contribution is -0.122. The second-order valence-electron chi connectivity index (χ2n) is 5.99.